The van der Waals surface area contributed by atoms with Gasteiger partial charge in [-0.1, -0.05) is 12.1 Å². The number of likely N-dealkylation sites (N-methyl/N-ethyl adjacent to an activating group) is 1. The lowest BCUT2D eigenvalue weighted by Gasteiger charge is -2.10. The Morgan fingerprint density at radius 3 is 2.67 bits per heavy atom. The lowest BCUT2D eigenvalue weighted by molar-refractivity contribution is 0.308. The van der Waals surface area contributed by atoms with E-state index >= 15 is 0 Å². The van der Waals surface area contributed by atoms with Crippen LogP contribution in [0.5, 0.6) is 5.75 Å². The highest BCUT2D eigenvalue weighted by atomic mass is 16.5. The molecule has 0 aliphatic carbocycles. The Labute approximate surface area is 92.0 Å². The monoisotopic (exact) mass is 207 g/mol. The minimum atomic E-state index is 0.706. The molecule has 0 unspecified atom stereocenters. The van der Waals surface area contributed by atoms with Crippen LogP contribution in [0.1, 0.15) is 0 Å². The van der Waals surface area contributed by atoms with Gasteiger partial charge in [0.1, 0.15) is 12.4 Å². The highest BCUT2D eigenvalue weighted by molar-refractivity contribution is 5.20. The minimum Gasteiger partial charge on any atom is -0.492 e. The summed E-state index contributed by atoms with van der Waals surface area (Å²) in [5.41, 5.74) is 0. The highest BCUT2D eigenvalue weighted by Crippen LogP contribution is 2.06. The molecule has 0 fully saturated rings. The third-order valence-corrected chi connectivity index (χ3v) is 1.97. The lowest BCUT2D eigenvalue weighted by Crippen LogP contribution is -2.29. The predicted octanol–water partition coefficient (Wildman–Crippen LogP) is 1.02. The van der Waals surface area contributed by atoms with E-state index in [9.17, 15) is 0 Å². The van der Waals surface area contributed by atoms with Crippen molar-refractivity contribution < 1.29 is 4.74 Å². The van der Waals surface area contributed by atoms with Crippen LogP contribution in [0.15, 0.2) is 24.3 Å². The average Bonchev–Trinajstić information content (AvgIpc) is 2.24. The van der Waals surface area contributed by atoms with E-state index in [1.165, 1.54) is 0 Å². The molecule has 1 radical (unpaired) electrons. The molecule has 83 valence electrons. The normalized spacial score (nSPS) is 10.6. The van der Waals surface area contributed by atoms with Gasteiger partial charge in [-0.2, -0.15) is 0 Å². The van der Waals surface area contributed by atoms with Crippen LogP contribution in [0.4, 0.5) is 0 Å². The van der Waals surface area contributed by atoms with Gasteiger partial charge in [0.2, 0.25) is 0 Å². The second-order valence-corrected chi connectivity index (χ2v) is 3.64. The molecule has 1 rings (SSSR count). The van der Waals surface area contributed by atoms with Crippen molar-refractivity contribution in [1.29, 1.82) is 0 Å². The summed E-state index contributed by atoms with van der Waals surface area (Å²) in [7, 11) is 4.14. The molecule has 0 aliphatic rings. The topological polar surface area (TPSA) is 24.5 Å². The number of hydrogen-bond donors (Lipinski definition) is 1. The van der Waals surface area contributed by atoms with Gasteiger partial charge in [-0.3, -0.25) is 0 Å². The summed E-state index contributed by atoms with van der Waals surface area (Å²) in [5.74, 6) is 0.906. The molecule has 0 saturated heterocycles. The number of rotatable bonds is 7. The summed E-state index contributed by atoms with van der Waals surface area (Å²) in [6.07, 6.45) is 0. The summed E-state index contributed by atoms with van der Waals surface area (Å²) in [4.78, 5) is 2.15. The molecule has 0 saturated carbocycles. The predicted molar refractivity (Wildman–Crippen MR) is 62.2 cm³/mol. The van der Waals surface area contributed by atoms with Crippen molar-refractivity contribution in [1.82, 2.24) is 10.2 Å². The van der Waals surface area contributed by atoms with Crippen molar-refractivity contribution in [3.63, 3.8) is 0 Å². The maximum atomic E-state index is 5.52. The fraction of sp³-hybridized carbons (Fsp3) is 0.500. The summed E-state index contributed by atoms with van der Waals surface area (Å²) < 4.78 is 5.52. The van der Waals surface area contributed by atoms with E-state index in [4.69, 9.17) is 4.74 Å². The van der Waals surface area contributed by atoms with Crippen molar-refractivity contribution in [2.75, 3.05) is 40.3 Å². The number of nitrogens with one attached hydrogen (secondary N) is 1. The van der Waals surface area contributed by atoms with E-state index in [-0.39, 0.29) is 0 Å². The maximum Gasteiger partial charge on any atom is 0.119 e. The smallest absolute Gasteiger partial charge is 0.119 e. The van der Waals surface area contributed by atoms with Gasteiger partial charge in [0.15, 0.2) is 0 Å². The first-order chi connectivity index (χ1) is 7.29. The molecule has 3 heteroatoms. The van der Waals surface area contributed by atoms with Gasteiger partial charge in [0.25, 0.3) is 0 Å². The number of hydrogen-bond acceptors (Lipinski definition) is 3. The second-order valence-electron chi connectivity index (χ2n) is 3.64. The van der Waals surface area contributed by atoms with E-state index in [0.717, 1.165) is 25.4 Å². The van der Waals surface area contributed by atoms with Crippen molar-refractivity contribution in [2.24, 2.45) is 0 Å². The molecule has 0 aromatic heterocycles. The molecule has 0 atom stereocenters. The van der Waals surface area contributed by atoms with Crippen LogP contribution in [-0.2, 0) is 0 Å². The third-order valence-electron chi connectivity index (χ3n) is 1.97. The first kappa shape index (κ1) is 12.0. The molecule has 1 N–H and O–H groups in total. The van der Waals surface area contributed by atoms with Gasteiger partial charge >= 0.3 is 0 Å². The fourth-order valence-corrected chi connectivity index (χ4v) is 1.14. The molecule has 0 amide bonds. The van der Waals surface area contributed by atoms with Crippen molar-refractivity contribution in [2.45, 2.75) is 0 Å². The molecule has 3 nitrogen and oxygen atoms in total. The Morgan fingerprint density at radius 2 is 2.00 bits per heavy atom. The standard InChI is InChI=1S/C12H19N2O/c1-14(2)10-8-13-9-11-15-12-6-4-3-5-7-12/h4-7,13H,8-11H2,1-2H3. The molecular weight excluding hydrogens is 188 g/mol. The lowest BCUT2D eigenvalue weighted by atomic mass is 10.3. The first-order valence-corrected chi connectivity index (χ1v) is 5.23. The van der Waals surface area contributed by atoms with Crippen LogP contribution in [0.25, 0.3) is 0 Å². The van der Waals surface area contributed by atoms with Gasteiger partial charge in [-0.05, 0) is 32.3 Å². The molecule has 0 heterocycles. The molecular formula is C12H19N2O. The molecule has 0 aliphatic heterocycles. The Balaban J connectivity index is 1.98. The maximum absolute atomic E-state index is 5.52. The fourth-order valence-electron chi connectivity index (χ4n) is 1.14. The van der Waals surface area contributed by atoms with Crippen LogP contribution in [0.2, 0.25) is 0 Å². The summed E-state index contributed by atoms with van der Waals surface area (Å²) in [6, 6.07) is 10.5. The van der Waals surface area contributed by atoms with Gasteiger partial charge in [-0.15, -0.1) is 0 Å². The molecule has 15 heavy (non-hydrogen) atoms. The number of ether oxygens (including phenoxy) is 1. The summed E-state index contributed by atoms with van der Waals surface area (Å²) >= 11 is 0. The zero-order valence-electron chi connectivity index (χ0n) is 9.49. The number of nitrogens with zero attached hydrogens (tertiary/aromatic N) is 1. The van der Waals surface area contributed by atoms with E-state index in [0.29, 0.717) is 6.61 Å². The highest BCUT2D eigenvalue weighted by Gasteiger charge is 1.92. The van der Waals surface area contributed by atoms with E-state index in [1.807, 2.05) is 24.3 Å². The minimum absolute atomic E-state index is 0.706. The SMILES string of the molecule is CN(C)CCNCCOc1cc[c]cc1. The molecule has 0 spiro atoms. The van der Waals surface area contributed by atoms with Gasteiger partial charge in [0, 0.05) is 19.6 Å². The van der Waals surface area contributed by atoms with Crippen LogP contribution < -0.4 is 10.1 Å². The van der Waals surface area contributed by atoms with Crippen LogP contribution in [0, 0.1) is 6.07 Å². The quantitative estimate of drug-likeness (QED) is 0.676. The summed E-state index contributed by atoms with van der Waals surface area (Å²) in [5, 5.41) is 3.31. The van der Waals surface area contributed by atoms with Crippen molar-refractivity contribution >= 4 is 0 Å². The van der Waals surface area contributed by atoms with E-state index in [2.05, 4.69) is 30.4 Å². The van der Waals surface area contributed by atoms with E-state index in [1.54, 1.807) is 0 Å². The first-order valence-electron chi connectivity index (χ1n) is 5.23. The van der Waals surface area contributed by atoms with Gasteiger partial charge in [0.05, 0.1) is 0 Å². The average molecular weight is 207 g/mol. The van der Waals surface area contributed by atoms with Crippen LogP contribution in [0.3, 0.4) is 0 Å². The van der Waals surface area contributed by atoms with Crippen molar-refractivity contribution in [3.8, 4) is 5.75 Å². The second kappa shape index (κ2) is 7.26. The van der Waals surface area contributed by atoms with Gasteiger partial charge < -0.3 is 15.0 Å². The summed E-state index contributed by atoms with van der Waals surface area (Å²) in [6.45, 7) is 3.64. The Hall–Kier alpha value is -1.06. The zero-order chi connectivity index (χ0) is 10.9. The largest absolute Gasteiger partial charge is 0.492 e. The number of benzene rings is 1. The molecule has 0 bridgehead atoms. The Bertz CT molecular complexity index is 249. The van der Waals surface area contributed by atoms with Crippen molar-refractivity contribution in [3.05, 3.63) is 30.3 Å². The Kier molecular flexibility index (Phi) is 5.81. The Morgan fingerprint density at radius 1 is 1.27 bits per heavy atom. The molecule has 1 aromatic carbocycles. The third kappa shape index (κ3) is 6.10. The van der Waals surface area contributed by atoms with Gasteiger partial charge in [-0.25, -0.2) is 0 Å². The van der Waals surface area contributed by atoms with Crippen LogP contribution >= 0.6 is 0 Å². The zero-order valence-corrected chi connectivity index (χ0v) is 9.49. The molecule has 1 aromatic rings. The van der Waals surface area contributed by atoms with E-state index < -0.39 is 0 Å². The van der Waals surface area contributed by atoms with Crippen LogP contribution in [-0.4, -0.2) is 45.2 Å².